The van der Waals surface area contributed by atoms with Crippen LogP contribution in [0.2, 0.25) is 0 Å². The van der Waals surface area contributed by atoms with E-state index in [1.165, 1.54) is 0 Å². The summed E-state index contributed by atoms with van der Waals surface area (Å²) in [7, 11) is 6.01. The Balaban J connectivity index is 1.91. The number of nitrogens with zero attached hydrogens (tertiary/aromatic N) is 3. The van der Waals surface area contributed by atoms with Crippen molar-refractivity contribution in [1.82, 2.24) is 20.1 Å². The molecule has 1 unspecified atom stereocenters. The van der Waals surface area contributed by atoms with E-state index in [4.69, 9.17) is 0 Å². The van der Waals surface area contributed by atoms with Crippen LogP contribution in [0.25, 0.3) is 0 Å². The molecule has 1 aromatic heterocycles. The summed E-state index contributed by atoms with van der Waals surface area (Å²) in [5.74, 6) is 0.651. The zero-order chi connectivity index (χ0) is 14.5. The predicted octanol–water partition coefficient (Wildman–Crippen LogP) is 0.0989. The van der Waals surface area contributed by atoms with Crippen molar-refractivity contribution in [1.29, 1.82) is 0 Å². The van der Waals surface area contributed by atoms with Gasteiger partial charge in [-0.05, 0) is 26.2 Å². The number of aromatic nitrogens is 1. The number of piperazine rings is 1. The Labute approximate surface area is 120 Å². The molecule has 0 aliphatic carbocycles. The molecule has 6 heteroatoms. The number of anilines is 1. The van der Waals surface area contributed by atoms with E-state index in [2.05, 4.69) is 39.5 Å². The Morgan fingerprint density at radius 1 is 1.45 bits per heavy atom. The van der Waals surface area contributed by atoms with Crippen molar-refractivity contribution >= 4 is 11.7 Å². The molecule has 6 nitrogen and oxygen atoms in total. The van der Waals surface area contributed by atoms with Crippen LogP contribution in [0.15, 0.2) is 18.3 Å². The second-order valence-corrected chi connectivity index (χ2v) is 5.29. The monoisotopic (exact) mass is 277 g/mol. The smallest absolute Gasteiger partial charge is 0.251 e. The number of nitrogens with one attached hydrogen (secondary N) is 2. The zero-order valence-electron chi connectivity index (χ0n) is 12.4. The van der Waals surface area contributed by atoms with E-state index in [1.54, 1.807) is 25.4 Å². The number of pyridine rings is 1. The summed E-state index contributed by atoms with van der Waals surface area (Å²) < 4.78 is 0. The fraction of sp³-hybridized carbons (Fsp3) is 0.571. The van der Waals surface area contributed by atoms with Crippen LogP contribution >= 0.6 is 0 Å². The first kappa shape index (κ1) is 14.7. The number of rotatable bonds is 4. The highest BCUT2D eigenvalue weighted by Crippen LogP contribution is 2.07. The highest BCUT2D eigenvalue weighted by atomic mass is 16.1. The average molecular weight is 277 g/mol. The van der Waals surface area contributed by atoms with Gasteiger partial charge in [0.25, 0.3) is 5.91 Å². The second-order valence-electron chi connectivity index (χ2n) is 5.29. The molecule has 2 N–H and O–H groups in total. The van der Waals surface area contributed by atoms with Crippen LogP contribution in [0, 0.1) is 0 Å². The number of carbonyl (C=O) groups excluding carboxylic acids is 1. The highest BCUT2D eigenvalue weighted by molar-refractivity contribution is 5.94. The number of hydrogen-bond donors (Lipinski definition) is 2. The van der Waals surface area contributed by atoms with Gasteiger partial charge in [-0.15, -0.1) is 0 Å². The quantitative estimate of drug-likeness (QED) is 0.817. The summed E-state index contributed by atoms with van der Waals surface area (Å²) in [5, 5.41) is 5.94. The lowest BCUT2D eigenvalue weighted by Crippen LogP contribution is -2.54. The average Bonchev–Trinajstić information content (AvgIpc) is 2.48. The Morgan fingerprint density at radius 3 is 3.00 bits per heavy atom. The topological polar surface area (TPSA) is 60.5 Å². The third-order valence-electron chi connectivity index (χ3n) is 3.76. The first-order valence-electron chi connectivity index (χ1n) is 6.91. The third kappa shape index (κ3) is 3.68. The molecule has 0 spiro atoms. The molecule has 1 atom stereocenters. The molecule has 20 heavy (non-hydrogen) atoms. The van der Waals surface area contributed by atoms with Crippen LogP contribution < -0.4 is 10.6 Å². The molecule has 1 aliphatic rings. The van der Waals surface area contributed by atoms with Gasteiger partial charge >= 0.3 is 0 Å². The van der Waals surface area contributed by atoms with Gasteiger partial charge in [-0.3, -0.25) is 9.69 Å². The maximum atomic E-state index is 12.1. The lowest BCUT2D eigenvalue weighted by Gasteiger charge is -2.37. The Bertz CT molecular complexity index is 465. The van der Waals surface area contributed by atoms with Gasteiger partial charge in [-0.2, -0.15) is 0 Å². The molecule has 2 heterocycles. The van der Waals surface area contributed by atoms with E-state index in [0.29, 0.717) is 24.0 Å². The van der Waals surface area contributed by atoms with E-state index in [9.17, 15) is 4.79 Å². The molecule has 1 aromatic rings. The summed E-state index contributed by atoms with van der Waals surface area (Å²) >= 11 is 0. The van der Waals surface area contributed by atoms with Crippen molar-refractivity contribution < 1.29 is 4.79 Å². The lowest BCUT2D eigenvalue weighted by molar-refractivity contribution is 0.0881. The molecule has 1 amide bonds. The van der Waals surface area contributed by atoms with Gasteiger partial charge in [0.2, 0.25) is 0 Å². The first-order valence-corrected chi connectivity index (χ1v) is 6.91. The number of amides is 1. The van der Waals surface area contributed by atoms with Crippen LogP contribution in [0.4, 0.5) is 5.82 Å². The van der Waals surface area contributed by atoms with Crippen molar-refractivity contribution in [3.8, 4) is 0 Å². The van der Waals surface area contributed by atoms with E-state index in [0.717, 1.165) is 19.6 Å². The summed E-state index contributed by atoms with van der Waals surface area (Å²) in [5.41, 5.74) is 0.635. The fourth-order valence-corrected chi connectivity index (χ4v) is 2.34. The molecule has 110 valence electrons. The van der Waals surface area contributed by atoms with E-state index in [-0.39, 0.29) is 5.91 Å². The van der Waals surface area contributed by atoms with Crippen LogP contribution in [0.1, 0.15) is 10.4 Å². The second kappa shape index (κ2) is 6.67. The van der Waals surface area contributed by atoms with Gasteiger partial charge < -0.3 is 15.5 Å². The van der Waals surface area contributed by atoms with Crippen molar-refractivity contribution in [2.45, 2.75) is 6.04 Å². The first-order chi connectivity index (χ1) is 9.60. The predicted molar refractivity (Wildman–Crippen MR) is 80.0 cm³/mol. The number of hydrogen-bond acceptors (Lipinski definition) is 5. The molecule has 2 rings (SSSR count). The summed E-state index contributed by atoms with van der Waals surface area (Å²) in [4.78, 5) is 20.8. The third-order valence-corrected chi connectivity index (χ3v) is 3.76. The van der Waals surface area contributed by atoms with Crippen LogP contribution in [-0.2, 0) is 0 Å². The molecular formula is C14H23N5O. The minimum atomic E-state index is -0.0504. The molecule has 0 saturated carbocycles. The largest absolute Gasteiger partial charge is 0.373 e. The Kier molecular flexibility index (Phi) is 4.92. The molecule has 1 aliphatic heterocycles. The minimum Gasteiger partial charge on any atom is -0.373 e. The molecule has 0 radical (unpaired) electrons. The Hall–Kier alpha value is -1.66. The minimum absolute atomic E-state index is 0.0504. The molecule has 0 bridgehead atoms. The lowest BCUT2D eigenvalue weighted by atomic mass is 10.1. The van der Waals surface area contributed by atoms with Gasteiger partial charge in [-0.1, -0.05) is 0 Å². The van der Waals surface area contributed by atoms with Crippen molar-refractivity contribution in [3.63, 3.8) is 0 Å². The standard InChI is InChI=1S/C14H23N5O/c1-15-13-8-11(4-5-16-13)14(20)17-9-12-10-18(2)6-7-19(12)3/h4-5,8,12H,6-7,9-10H2,1-3H3,(H,15,16)(H,17,20). The SMILES string of the molecule is CNc1cc(C(=O)NCC2CN(C)CCN2C)ccn1. The van der Waals surface area contributed by atoms with Crippen molar-refractivity contribution in [2.75, 3.05) is 52.6 Å². The van der Waals surface area contributed by atoms with E-state index >= 15 is 0 Å². The van der Waals surface area contributed by atoms with Gasteiger partial charge in [0.15, 0.2) is 0 Å². The number of carbonyl (C=O) groups is 1. The summed E-state index contributed by atoms with van der Waals surface area (Å²) in [6.45, 7) is 3.76. The van der Waals surface area contributed by atoms with Gasteiger partial charge in [0.05, 0.1) is 0 Å². The van der Waals surface area contributed by atoms with Crippen LogP contribution in [0.5, 0.6) is 0 Å². The fourth-order valence-electron chi connectivity index (χ4n) is 2.34. The van der Waals surface area contributed by atoms with Crippen molar-refractivity contribution in [3.05, 3.63) is 23.9 Å². The summed E-state index contributed by atoms with van der Waals surface area (Å²) in [6, 6.07) is 3.85. The van der Waals surface area contributed by atoms with Gasteiger partial charge in [-0.25, -0.2) is 4.98 Å². The Morgan fingerprint density at radius 2 is 2.25 bits per heavy atom. The molecule has 1 saturated heterocycles. The van der Waals surface area contributed by atoms with Crippen LogP contribution in [-0.4, -0.2) is 74.1 Å². The van der Waals surface area contributed by atoms with E-state index in [1.807, 2.05) is 0 Å². The highest BCUT2D eigenvalue weighted by Gasteiger charge is 2.22. The van der Waals surface area contributed by atoms with E-state index < -0.39 is 0 Å². The summed E-state index contributed by atoms with van der Waals surface area (Å²) in [6.07, 6.45) is 1.64. The van der Waals surface area contributed by atoms with Crippen LogP contribution in [0.3, 0.4) is 0 Å². The number of likely N-dealkylation sites (N-methyl/N-ethyl adjacent to an activating group) is 2. The van der Waals surface area contributed by atoms with Gasteiger partial charge in [0, 0.05) is 51.0 Å². The molecule has 1 fully saturated rings. The van der Waals surface area contributed by atoms with Crippen molar-refractivity contribution in [2.24, 2.45) is 0 Å². The molecule has 0 aromatic carbocycles. The maximum Gasteiger partial charge on any atom is 0.251 e. The zero-order valence-corrected chi connectivity index (χ0v) is 12.4. The van der Waals surface area contributed by atoms with Gasteiger partial charge in [0.1, 0.15) is 5.82 Å². The molecular weight excluding hydrogens is 254 g/mol. The normalized spacial score (nSPS) is 20.6. The maximum absolute atomic E-state index is 12.1.